The van der Waals surface area contributed by atoms with Gasteiger partial charge in [-0.2, -0.15) is 0 Å². The standard InChI is InChI=1S/C20H16ClN3O4/c21-14-7-4-8-15(9-14)24-17(25)11-20(19(24)27)10-16(22-23-20)18(26)28-12-13-5-2-1-3-6-13/h1-10,22-23H,11-12H2/t20-/m0/s1. The van der Waals surface area contributed by atoms with Crippen LogP contribution in [0.5, 0.6) is 0 Å². The summed E-state index contributed by atoms with van der Waals surface area (Å²) in [6, 6.07) is 15.7. The number of nitrogens with zero attached hydrogens (tertiary/aromatic N) is 1. The monoisotopic (exact) mass is 397 g/mol. The van der Waals surface area contributed by atoms with E-state index < -0.39 is 23.3 Å². The van der Waals surface area contributed by atoms with Gasteiger partial charge in [0.15, 0.2) is 0 Å². The smallest absolute Gasteiger partial charge is 0.355 e. The van der Waals surface area contributed by atoms with E-state index >= 15 is 0 Å². The number of rotatable bonds is 4. The van der Waals surface area contributed by atoms with E-state index in [0.717, 1.165) is 10.5 Å². The van der Waals surface area contributed by atoms with Gasteiger partial charge in [0.1, 0.15) is 17.8 Å². The fraction of sp³-hybridized carbons (Fsp3) is 0.150. The van der Waals surface area contributed by atoms with Crippen molar-refractivity contribution >= 4 is 35.1 Å². The van der Waals surface area contributed by atoms with Crippen molar-refractivity contribution in [2.24, 2.45) is 0 Å². The highest BCUT2D eigenvalue weighted by Gasteiger charge is 2.54. The van der Waals surface area contributed by atoms with Crippen LogP contribution in [0.3, 0.4) is 0 Å². The number of imide groups is 1. The van der Waals surface area contributed by atoms with E-state index in [1.807, 2.05) is 30.3 Å². The zero-order chi connectivity index (χ0) is 19.7. The average molecular weight is 398 g/mol. The lowest BCUT2D eigenvalue weighted by Crippen LogP contribution is -2.51. The van der Waals surface area contributed by atoms with E-state index in [-0.39, 0.29) is 18.7 Å². The molecule has 28 heavy (non-hydrogen) atoms. The number of carbonyl (C=O) groups is 3. The number of hydrazine groups is 1. The van der Waals surface area contributed by atoms with E-state index in [1.54, 1.807) is 18.2 Å². The molecule has 8 heteroatoms. The molecule has 1 fully saturated rings. The minimum Gasteiger partial charge on any atom is -0.456 e. The number of carbonyl (C=O) groups excluding carboxylic acids is 3. The van der Waals surface area contributed by atoms with Crippen molar-refractivity contribution in [2.45, 2.75) is 18.6 Å². The molecule has 142 valence electrons. The van der Waals surface area contributed by atoms with Crippen LogP contribution < -0.4 is 15.8 Å². The quantitative estimate of drug-likeness (QED) is 0.606. The van der Waals surface area contributed by atoms with Gasteiger partial charge in [0.2, 0.25) is 5.91 Å². The highest BCUT2D eigenvalue weighted by molar-refractivity contribution is 6.31. The third-order valence-corrected chi connectivity index (χ3v) is 4.81. The Morgan fingerprint density at radius 1 is 1.14 bits per heavy atom. The lowest BCUT2D eigenvalue weighted by Gasteiger charge is -2.20. The van der Waals surface area contributed by atoms with Crippen LogP contribution in [0.15, 0.2) is 66.4 Å². The van der Waals surface area contributed by atoms with Crippen molar-refractivity contribution in [1.29, 1.82) is 0 Å². The largest absolute Gasteiger partial charge is 0.456 e. The first-order chi connectivity index (χ1) is 13.5. The predicted molar refractivity (Wildman–Crippen MR) is 102 cm³/mol. The van der Waals surface area contributed by atoms with Crippen molar-refractivity contribution in [2.75, 3.05) is 4.90 Å². The molecule has 2 N–H and O–H groups in total. The van der Waals surface area contributed by atoms with Gasteiger partial charge in [-0.1, -0.05) is 48.0 Å². The Morgan fingerprint density at radius 3 is 2.68 bits per heavy atom. The minimum atomic E-state index is -1.33. The Balaban J connectivity index is 1.51. The first kappa shape index (κ1) is 18.2. The molecular weight excluding hydrogens is 382 g/mol. The van der Waals surface area contributed by atoms with Crippen LogP contribution in [0, 0.1) is 0 Å². The van der Waals surface area contributed by atoms with Gasteiger partial charge in [-0.15, -0.1) is 0 Å². The van der Waals surface area contributed by atoms with Crippen LogP contribution >= 0.6 is 11.6 Å². The number of halogens is 1. The fourth-order valence-electron chi connectivity index (χ4n) is 3.20. The van der Waals surface area contributed by atoms with Gasteiger partial charge in [-0.25, -0.2) is 15.1 Å². The summed E-state index contributed by atoms with van der Waals surface area (Å²) in [5.74, 6) is -1.50. The molecule has 1 saturated heterocycles. The molecule has 1 spiro atoms. The molecule has 2 heterocycles. The number of amides is 2. The van der Waals surface area contributed by atoms with Crippen LogP contribution in [-0.4, -0.2) is 23.3 Å². The highest BCUT2D eigenvalue weighted by Crippen LogP contribution is 2.33. The van der Waals surface area contributed by atoms with Gasteiger partial charge in [0.05, 0.1) is 12.1 Å². The topological polar surface area (TPSA) is 87.7 Å². The summed E-state index contributed by atoms with van der Waals surface area (Å²) in [6.45, 7) is 0.104. The SMILES string of the molecule is O=C(OCc1ccccc1)C1=C[C@@]2(CC(=O)N(c3cccc(Cl)c3)C2=O)NN1. The van der Waals surface area contributed by atoms with Crippen molar-refractivity contribution in [1.82, 2.24) is 10.9 Å². The Kier molecular flexibility index (Phi) is 4.62. The van der Waals surface area contributed by atoms with Gasteiger partial charge in [0.25, 0.3) is 5.91 Å². The van der Waals surface area contributed by atoms with Gasteiger partial charge in [-0.3, -0.25) is 9.59 Å². The van der Waals surface area contributed by atoms with Crippen LogP contribution in [0.1, 0.15) is 12.0 Å². The van der Waals surface area contributed by atoms with E-state index in [2.05, 4.69) is 10.9 Å². The van der Waals surface area contributed by atoms with E-state index in [1.165, 1.54) is 12.1 Å². The summed E-state index contributed by atoms with van der Waals surface area (Å²) in [5.41, 5.74) is 5.42. The van der Waals surface area contributed by atoms with Crippen molar-refractivity contribution < 1.29 is 19.1 Å². The molecule has 4 rings (SSSR count). The van der Waals surface area contributed by atoms with E-state index in [9.17, 15) is 14.4 Å². The zero-order valence-corrected chi connectivity index (χ0v) is 15.4. The maximum absolute atomic E-state index is 13.0. The lowest BCUT2D eigenvalue weighted by molar-refractivity contribution is -0.140. The molecule has 2 aromatic rings. The molecule has 0 saturated carbocycles. The summed E-state index contributed by atoms with van der Waals surface area (Å²) < 4.78 is 5.27. The summed E-state index contributed by atoms with van der Waals surface area (Å²) in [6.07, 6.45) is 1.28. The molecule has 2 amide bonds. The Morgan fingerprint density at radius 2 is 1.93 bits per heavy atom. The van der Waals surface area contributed by atoms with E-state index in [0.29, 0.717) is 10.7 Å². The van der Waals surface area contributed by atoms with Gasteiger partial charge in [0, 0.05) is 5.02 Å². The van der Waals surface area contributed by atoms with Gasteiger partial charge < -0.3 is 10.2 Å². The summed E-state index contributed by atoms with van der Waals surface area (Å²) in [4.78, 5) is 38.8. The molecule has 0 bridgehead atoms. The summed E-state index contributed by atoms with van der Waals surface area (Å²) in [5, 5.41) is 0.414. The molecule has 0 radical (unpaired) electrons. The number of nitrogens with one attached hydrogen (secondary N) is 2. The number of hydrogen-bond donors (Lipinski definition) is 2. The Labute approximate surface area is 165 Å². The zero-order valence-electron chi connectivity index (χ0n) is 14.6. The highest BCUT2D eigenvalue weighted by atomic mass is 35.5. The van der Waals surface area contributed by atoms with E-state index in [4.69, 9.17) is 16.3 Å². The van der Waals surface area contributed by atoms with Crippen LogP contribution in [0.4, 0.5) is 5.69 Å². The first-order valence-corrected chi connectivity index (χ1v) is 8.96. The second kappa shape index (κ2) is 7.10. The molecule has 1 atom stereocenters. The number of esters is 1. The average Bonchev–Trinajstić information content (AvgIpc) is 3.22. The molecule has 7 nitrogen and oxygen atoms in total. The molecule has 2 aromatic carbocycles. The second-order valence-corrected chi connectivity index (χ2v) is 6.97. The third kappa shape index (κ3) is 3.26. The maximum Gasteiger partial charge on any atom is 0.355 e. The van der Waals surface area contributed by atoms with Crippen LogP contribution in [-0.2, 0) is 25.7 Å². The van der Waals surface area contributed by atoms with Crippen molar-refractivity contribution in [3.8, 4) is 0 Å². The minimum absolute atomic E-state index is 0.0880. The number of ether oxygens (including phenoxy) is 1. The van der Waals surface area contributed by atoms with Crippen molar-refractivity contribution in [3.63, 3.8) is 0 Å². The number of anilines is 1. The lowest BCUT2D eigenvalue weighted by atomic mass is 9.98. The van der Waals surface area contributed by atoms with Crippen LogP contribution in [0.25, 0.3) is 0 Å². The second-order valence-electron chi connectivity index (χ2n) is 6.53. The molecule has 0 aromatic heterocycles. The molecular formula is C20H16ClN3O4. The number of hydrogen-bond acceptors (Lipinski definition) is 6. The van der Waals surface area contributed by atoms with Gasteiger partial charge >= 0.3 is 5.97 Å². The first-order valence-electron chi connectivity index (χ1n) is 8.59. The number of benzene rings is 2. The maximum atomic E-state index is 13.0. The fourth-order valence-corrected chi connectivity index (χ4v) is 3.39. The normalized spacial score (nSPS) is 21.0. The predicted octanol–water partition coefficient (Wildman–Crippen LogP) is 2.08. The summed E-state index contributed by atoms with van der Waals surface area (Å²) >= 11 is 5.97. The molecule has 0 unspecified atom stereocenters. The molecule has 2 aliphatic rings. The van der Waals surface area contributed by atoms with Gasteiger partial charge in [-0.05, 0) is 29.8 Å². The van der Waals surface area contributed by atoms with Crippen molar-refractivity contribution in [3.05, 3.63) is 77.0 Å². The molecule has 0 aliphatic carbocycles. The Hall–Kier alpha value is -3.16. The molecule has 2 aliphatic heterocycles. The summed E-state index contributed by atoms with van der Waals surface area (Å²) in [7, 11) is 0. The Bertz CT molecular complexity index is 992. The van der Waals surface area contributed by atoms with Crippen LogP contribution in [0.2, 0.25) is 5.02 Å². The third-order valence-electron chi connectivity index (χ3n) is 4.57.